The normalized spacial score (nSPS) is 12.9. The van der Waals surface area contributed by atoms with E-state index in [2.05, 4.69) is 4.98 Å². The van der Waals surface area contributed by atoms with Crippen molar-refractivity contribution in [1.82, 2.24) is 4.98 Å². The molecular weight excluding hydrogens is 142 g/mol. The van der Waals surface area contributed by atoms with Gasteiger partial charge in [0.25, 0.3) is 0 Å². The van der Waals surface area contributed by atoms with Crippen LogP contribution in [-0.2, 0) is 6.42 Å². The molecule has 0 bridgehead atoms. The summed E-state index contributed by atoms with van der Waals surface area (Å²) in [7, 11) is 0. The molecule has 1 aromatic heterocycles. The summed E-state index contributed by atoms with van der Waals surface area (Å²) in [5, 5.41) is 17.5. The van der Waals surface area contributed by atoms with Crippen LogP contribution in [0.3, 0.4) is 0 Å². The zero-order valence-electron chi connectivity index (χ0n) is 6.14. The Bertz CT molecular complexity index is 201. The van der Waals surface area contributed by atoms with E-state index in [0.717, 1.165) is 5.69 Å². The molecule has 3 heteroatoms. The molecule has 0 aromatic carbocycles. The van der Waals surface area contributed by atoms with Gasteiger partial charge in [0, 0.05) is 18.3 Å². The number of rotatable bonds is 3. The smallest absolute Gasteiger partial charge is 0.0826 e. The van der Waals surface area contributed by atoms with Gasteiger partial charge in [0.15, 0.2) is 0 Å². The average Bonchev–Trinajstić information content (AvgIpc) is 2.06. The molecule has 2 N–H and O–H groups in total. The molecular formula is C8H11NO2. The van der Waals surface area contributed by atoms with E-state index in [1.54, 1.807) is 6.20 Å². The van der Waals surface area contributed by atoms with Crippen molar-refractivity contribution in [3.8, 4) is 0 Å². The van der Waals surface area contributed by atoms with Crippen molar-refractivity contribution in [3.63, 3.8) is 0 Å². The van der Waals surface area contributed by atoms with Crippen molar-refractivity contribution in [2.75, 3.05) is 6.61 Å². The van der Waals surface area contributed by atoms with Gasteiger partial charge < -0.3 is 10.2 Å². The number of aromatic nitrogens is 1. The first-order valence-corrected chi connectivity index (χ1v) is 3.51. The molecule has 0 aliphatic carbocycles. The zero-order chi connectivity index (χ0) is 8.10. The van der Waals surface area contributed by atoms with E-state index in [1.807, 2.05) is 18.2 Å². The van der Waals surface area contributed by atoms with Gasteiger partial charge in [-0.2, -0.15) is 0 Å². The SMILES string of the molecule is OCC(O)Cc1ccccn1. The fourth-order valence-electron chi connectivity index (χ4n) is 0.825. The number of hydrogen-bond donors (Lipinski definition) is 2. The topological polar surface area (TPSA) is 53.4 Å². The maximum atomic E-state index is 9.02. The van der Waals surface area contributed by atoms with E-state index in [1.165, 1.54) is 0 Å². The van der Waals surface area contributed by atoms with Crippen LogP contribution in [0.4, 0.5) is 0 Å². The minimum Gasteiger partial charge on any atom is -0.394 e. The second-order valence-corrected chi connectivity index (χ2v) is 2.36. The van der Waals surface area contributed by atoms with Gasteiger partial charge in [-0.05, 0) is 12.1 Å². The molecule has 11 heavy (non-hydrogen) atoms. The van der Waals surface area contributed by atoms with E-state index in [4.69, 9.17) is 10.2 Å². The molecule has 1 atom stereocenters. The van der Waals surface area contributed by atoms with Crippen molar-refractivity contribution in [3.05, 3.63) is 30.1 Å². The van der Waals surface area contributed by atoms with E-state index < -0.39 is 6.10 Å². The summed E-state index contributed by atoms with van der Waals surface area (Å²) in [6, 6.07) is 5.49. The molecule has 0 saturated heterocycles. The minimum atomic E-state index is -0.690. The molecule has 1 heterocycles. The number of hydrogen-bond acceptors (Lipinski definition) is 3. The molecule has 60 valence electrons. The summed E-state index contributed by atoms with van der Waals surface area (Å²) in [5.41, 5.74) is 0.800. The highest BCUT2D eigenvalue weighted by atomic mass is 16.3. The third-order valence-electron chi connectivity index (χ3n) is 1.38. The summed E-state index contributed by atoms with van der Waals surface area (Å²) >= 11 is 0. The summed E-state index contributed by atoms with van der Waals surface area (Å²) < 4.78 is 0. The van der Waals surface area contributed by atoms with Gasteiger partial charge in [-0.3, -0.25) is 4.98 Å². The van der Waals surface area contributed by atoms with Crippen molar-refractivity contribution in [1.29, 1.82) is 0 Å². The zero-order valence-corrected chi connectivity index (χ0v) is 6.14. The molecule has 0 aliphatic rings. The van der Waals surface area contributed by atoms with Gasteiger partial charge in [0.1, 0.15) is 0 Å². The molecule has 0 fully saturated rings. The van der Waals surface area contributed by atoms with Crippen molar-refractivity contribution in [2.45, 2.75) is 12.5 Å². The van der Waals surface area contributed by atoms with Gasteiger partial charge in [0.05, 0.1) is 12.7 Å². The van der Waals surface area contributed by atoms with E-state index in [9.17, 15) is 0 Å². The van der Waals surface area contributed by atoms with Crippen LogP contribution in [0.25, 0.3) is 0 Å². The number of nitrogens with zero attached hydrogens (tertiary/aromatic N) is 1. The van der Waals surface area contributed by atoms with E-state index in [0.29, 0.717) is 6.42 Å². The summed E-state index contributed by atoms with van der Waals surface area (Å²) in [5.74, 6) is 0. The molecule has 1 aromatic rings. The predicted molar refractivity (Wildman–Crippen MR) is 41.0 cm³/mol. The maximum Gasteiger partial charge on any atom is 0.0826 e. The molecule has 0 spiro atoms. The maximum absolute atomic E-state index is 9.02. The Hall–Kier alpha value is -0.930. The summed E-state index contributed by atoms with van der Waals surface area (Å²) in [4.78, 5) is 4.00. The highest BCUT2D eigenvalue weighted by Crippen LogP contribution is 1.97. The predicted octanol–water partition coefficient (Wildman–Crippen LogP) is -0.0227. The fourth-order valence-corrected chi connectivity index (χ4v) is 0.825. The van der Waals surface area contributed by atoms with E-state index >= 15 is 0 Å². The van der Waals surface area contributed by atoms with Gasteiger partial charge in [-0.15, -0.1) is 0 Å². The molecule has 3 nitrogen and oxygen atoms in total. The highest BCUT2D eigenvalue weighted by Gasteiger charge is 2.02. The minimum absolute atomic E-state index is 0.212. The highest BCUT2D eigenvalue weighted by molar-refractivity contribution is 5.04. The van der Waals surface area contributed by atoms with Gasteiger partial charge in [-0.1, -0.05) is 6.07 Å². The lowest BCUT2D eigenvalue weighted by Crippen LogP contribution is -2.15. The summed E-state index contributed by atoms with van der Waals surface area (Å²) in [6.45, 7) is -0.212. The fraction of sp³-hybridized carbons (Fsp3) is 0.375. The second-order valence-electron chi connectivity index (χ2n) is 2.36. The lowest BCUT2D eigenvalue weighted by atomic mass is 10.2. The second kappa shape index (κ2) is 4.05. The number of aliphatic hydroxyl groups is 2. The quantitative estimate of drug-likeness (QED) is 0.641. The van der Waals surface area contributed by atoms with E-state index in [-0.39, 0.29) is 6.61 Å². The lowest BCUT2D eigenvalue weighted by Gasteiger charge is -2.04. The largest absolute Gasteiger partial charge is 0.394 e. The van der Waals surface area contributed by atoms with Crippen molar-refractivity contribution < 1.29 is 10.2 Å². The standard InChI is InChI=1S/C8H11NO2/c10-6-8(11)5-7-3-1-2-4-9-7/h1-4,8,10-11H,5-6H2. The average molecular weight is 153 g/mol. The Balaban J connectivity index is 2.51. The van der Waals surface area contributed by atoms with Crippen LogP contribution in [0.15, 0.2) is 24.4 Å². The van der Waals surface area contributed by atoms with Gasteiger partial charge in [0.2, 0.25) is 0 Å². The van der Waals surface area contributed by atoms with Crippen LogP contribution >= 0.6 is 0 Å². The molecule has 0 amide bonds. The first-order valence-electron chi connectivity index (χ1n) is 3.51. The Kier molecular flexibility index (Phi) is 3.01. The number of aliphatic hydroxyl groups excluding tert-OH is 2. The molecule has 0 saturated carbocycles. The third kappa shape index (κ3) is 2.65. The molecule has 1 unspecified atom stereocenters. The Morgan fingerprint density at radius 3 is 2.82 bits per heavy atom. The van der Waals surface area contributed by atoms with Crippen LogP contribution in [0.5, 0.6) is 0 Å². The van der Waals surface area contributed by atoms with Crippen molar-refractivity contribution in [2.24, 2.45) is 0 Å². The Labute approximate surface area is 65.3 Å². The van der Waals surface area contributed by atoms with Crippen LogP contribution in [0.2, 0.25) is 0 Å². The molecule has 0 radical (unpaired) electrons. The van der Waals surface area contributed by atoms with Crippen molar-refractivity contribution >= 4 is 0 Å². The first-order chi connectivity index (χ1) is 5.33. The van der Waals surface area contributed by atoms with Crippen LogP contribution < -0.4 is 0 Å². The number of pyridine rings is 1. The Morgan fingerprint density at radius 2 is 2.27 bits per heavy atom. The van der Waals surface area contributed by atoms with Crippen LogP contribution in [-0.4, -0.2) is 27.9 Å². The van der Waals surface area contributed by atoms with Crippen LogP contribution in [0.1, 0.15) is 5.69 Å². The van der Waals surface area contributed by atoms with Crippen LogP contribution in [0, 0.1) is 0 Å². The third-order valence-corrected chi connectivity index (χ3v) is 1.38. The summed E-state index contributed by atoms with van der Waals surface area (Å²) in [6.07, 6.45) is 1.39. The van der Waals surface area contributed by atoms with Gasteiger partial charge >= 0.3 is 0 Å². The van der Waals surface area contributed by atoms with Gasteiger partial charge in [-0.25, -0.2) is 0 Å². The monoisotopic (exact) mass is 153 g/mol. The lowest BCUT2D eigenvalue weighted by molar-refractivity contribution is 0.0947. The molecule has 0 aliphatic heterocycles. The Morgan fingerprint density at radius 1 is 1.45 bits per heavy atom. The first kappa shape index (κ1) is 8.17. The molecule has 1 rings (SSSR count).